The normalized spacial score (nSPS) is 17.8. The predicted molar refractivity (Wildman–Crippen MR) is 81.9 cm³/mol. The van der Waals surface area contributed by atoms with Crippen molar-refractivity contribution in [2.75, 3.05) is 0 Å². The Morgan fingerprint density at radius 3 is 2.90 bits per heavy atom. The van der Waals surface area contributed by atoms with Crippen molar-refractivity contribution in [1.82, 2.24) is 20.1 Å². The molecule has 3 rings (SSSR count). The van der Waals surface area contributed by atoms with Crippen LogP contribution in [-0.2, 0) is 11.3 Å². The van der Waals surface area contributed by atoms with Crippen LogP contribution in [-0.4, -0.2) is 26.2 Å². The first-order valence-corrected chi connectivity index (χ1v) is 7.67. The number of amides is 1. The van der Waals surface area contributed by atoms with Gasteiger partial charge in [-0.05, 0) is 38.8 Å². The van der Waals surface area contributed by atoms with Gasteiger partial charge in [-0.3, -0.25) is 4.79 Å². The summed E-state index contributed by atoms with van der Waals surface area (Å²) in [5.74, 6) is 0.0226. The number of pyridine rings is 1. The third-order valence-electron chi connectivity index (χ3n) is 4.38. The molecule has 2 aromatic heterocycles. The Hall–Kier alpha value is -1.91. The molecule has 0 aromatic carbocycles. The second-order valence-corrected chi connectivity index (χ2v) is 6.29. The molecule has 5 nitrogen and oxygen atoms in total. The lowest BCUT2D eigenvalue weighted by Crippen LogP contribution is -2.48. The minimum absolute atomic E-state index is 0.0226. The van der Waals surface area contributed by atoms with E-state index in [0.717, 1.165) is 29.6 Å². The van der Waals surface area contributed by atoms with E-state index < -0.39 is 0 Å². The highest BCUT2D eigenvalue weighted by molar-refractivity contribution is 5.81. The molecule has 0 unspecified atom stereocenters. The summed E-state index contributed by atoms with van der Waals surface area (Å²) >= 11 is 0. The topological polar surface area (TPSA) is 59.8 Å². The van der Waals surface area contributed by atoms with Crippen molar-refractivity contribution in [3.05, 3.63) is 24.0 Å². The first-order valence-electron chi connectivity index (χ1n) is 7.67. The Bertz CT molecular complexity index is 655. The van der Waals surface area contributed by atoms with E-state index in [4.69, 9.17) is 0 Å². The Morgan fingerprint density at radius 1 is 1.38 bits per heavy atom. The fourth-order valence-corrected chi connectivity index (χ4v) is 3.25. The molecular formula is C16H22N4O. The molecule has 0 spiro atoms. The van der Waals surface area contributed by atoms with Crippen LogP contribution >= 0.6 is 0 Å². The average molecular weight is 286 g/mol. The highest BCUT2D eigenvalue weighted by atomic mass is 16.2. The first kappa shape index (κ1) is 14.0. The van der Waals surface area contributed by atoms with E-state index >= 15 is 0 Å². The molecule has 5 heteroatoms. The lowest BCUT2D eigenvalue weighted by molar-refractivity contribution is -0.123. The number of carbonyl (C=O) groups excluding carboxylic acids is 1. The number of carbonyl (C=O) groups is 1. The fourth-order valence-electron chi connectivity index (χ4n) is 3.25. The van der Waals surface area contributed by atoms with Crippen molar-refractivity contribution in [2.45, 2.75) is 58.0 Å². The van der Waals surface area contributed by atoms with Gasteiger partial charge in [0.25, 0.3) is 0 Å². The molecule has 0 radical (unpaired) electrons. The van der Waals surface area contributed by atoms with Gasteiger partial charge in [0.15, 0.2) is 5.65 Å². The molecule has 1 aliphatic rings. The average Bonchev–Trinajstić information content (AvgIpc) is 2.76. The zero-order chi connectivity index (χ0) is 14.9. The van der Waals surface area contributed by atoms with Crippen LogP contribution < -0.4 is 5.32 Å². The molecule has 112 valence electrons. The van der Waals surface area contributed by atoms with E-state index in [-0.39, 0.29) is 18.0 Å². The van der Waals surface area contributed by atoms with Crippen LogP contribution in [0.1, 0.15) is 44.7 Å². The molecule has 1 saturated carbocycles. The Morgan fingerprint density at radius 2 is 2.14 bits per heavy atom. The SMILES string of the molecule is Cc1nn(CC(=O)NC2(C)CCCCC2)c2ncccc12. The van der Waals surface area contributed by atoms with Gasteiger partial charge in [-0.1, -0.05) is 19.3 Å². The van der Waals surface area contributed by atoms with Crippen LogP contribution in [0.25, 0.3) is 11.0 Å². The van der Waals surface area contributed by atoms with Crippen LogP contribution in [0.4, 0.5) is 0 Å². The minimum atomic E-state index is -0.0548. The summed E-state index contributed by atoms with van der Waals surface area (Å²) in [6.07, 6.45) is 7.54. The number of hydrogen-bond donors (Lipinski definition) is 1. The van der Waals surface area contributed by atoms with E-state index in [9.17, 15) is 4.79 Å². The second kappa shape index (κ2) is 5.47. The number of aryl methyl sites for hydroxylation is 1. The second-order valence-electron chi connectivity index (χ2n) is 6.29. The highest BCUT2D eigenvalue weighted by Crippen LogP contribution is 2.27. The zero-order valence-electron chi connectivity index (χ0n) is 12.7. The molecule has 0 aliphatic heterocycles. The monoisotopic (exact) mass is 286 g/mol. The van der Waals surface area contributed by atoms with Crippen molar-refractivity contribution < 1.29 is 4.79 Å². The summed E-state index contributed by atoms with van der Waals surface area (Å²) in [5.41, 5.74) is 1.63. The molecule has 1 fully saturated rings. The van der Waals surface area contributed by atoms with Crippen molar-refractivity contribution in [1.29, 1.82) is 0 Å². The number of nitrogens with zero attached hydrogens (tertiary/aromatic N) is 3. The molecule has 1 amide bonds. The lowest BCUT2D eigenvalue weighted by atomic mass is 9.83. The van der Waals surface area contributed by atoms with Gasteiger partial charge in [0, 0.05) is 17.1 Å². The summed E-state index contributed by atoms with van der Waals surface area (Å²) in [4.78, 5) is 16.7. The number of nitrogens with one attached hydrogen (secondary N) is 1. The smallest absolute Gasteiger partial charge is 0.242 e. The summed E-state index contributed by atoms with van der Waals surface area (Å²) < 4.78 is 1.70. The van der Waals surface area contributed by atoms with Crippen molar-refractivity contribution >= 4 is 16.9 Å². The standard InChI is InChI=1S/C16H22N4O/c1-12-13-7-6-10-17-15(13)20(19-12)11-14(21)18-16(2)8-4-3-5-9-16/h6-7,10H,3-5,8-9,11H2,1-2H3,(H,18,21). The summed E-state index contributed by atoms with van der Waals surface area (Å²) in [7, 11) is 0. The molecule has 0 atom stereocenters. The van der Waals surface area contributed by atoms with Gasteiger partial charge < -0.3 is 5.32 Å². The lowest BCUT2D eigenvalue weighted by Gasteiger charge is -2.34. The Labute approximate surface area is 124 Å². The predicted octanol–water partition coefficient (Wildman–Crippen LogP) is 2.58. The van der Waals surface area contributed by atoms with Crippen LogP contribution in [0.2, 0.25) is 0 Å². The molecule has 0 bridgehead atoms. The van der Waals surface area contributed by atoms with Crippen molar-refractivity contribution in [3.63, 3.8) is 0 Å². The van der Waals surface area contributed by atoms with E-state index in [1.807, 2.05) is 19.1 Å². The van der Waals surface area contributed by atoms with Crippen LogP contribution in [0, 0.1) is 6.92 Å². The maximum absolute atomic E-state index is 12.3. The van der Waals surface area contributed by atoms with E-state index in [1.54, 1.807) is 10.9 Å². The van der Waals surface area contributed by atoms with Gasteiger partial charge in [-0.2, -0.15) is 5.10 Å². The zero-order valence-corrected chi connectivity index (χ0v) is 12.7. The van der Waals surface area contributed by atoms with Gasteiger partial charge in [0.2, 0.25) is 5.91 Å². The molecule has 0 saturated heterocycles. The van der Waals surface area contributed by atoms with E-state index in [0.29, 0.717) is 0 Å². The number of rotatable bonds is 3. The molecule has 21 heavy (non-hydrogen) atoms. The van der Waals surface area contributed by atoms with Gasteiger partial charge in [0.1, 0.15) is 6.54 Å². The van der Waals surface area contributed by atoms with E-state index in [1.165, 1.54) is 19.3 Å². The Kier molecular flexibility index (Phi) is 3.66. The number of aromatic nitrogens is 3. The maximum Gasteiger partial charge on any atom is 0.242 e. The van der Waals surface area contributed by atoms with Crippen molar-refractivity contribution in [3.8, 4) is 0 Å². The fraction of sp³-hybridized carbons (Fsp3) is 0.562. The first-order chi connectivity index (χ1) is 10.1. The van der Waals surface area contributed by atoms with Gasteiger partial charge in [-0.15, -0.1) is 0 Å². The van der Waals surface area contributed by atoms with Crippen molar-refractivity contribution in [2.24, 2.45) is 0 Å². The number of fused-ring (bicyclic) bond motifs is 1. The maximum atomic E-state index is 12.3. The van der Waals surface area contributed by atoms with Gasteiger partial charge in [0.05, 0.1) is 5.69 Å². The van der Waals surface area contributed by atoms with Crippen LogP contribution in [0.3, 0.4) is 0 Å². The van der Waals surface area contributed by atoms with E-state index in [2.05, 4.69) is 22.3 Å². The molecule has 2 aromatic rings. The van der Waals surface area contributed by atoms with Gasteiger partial charge >= 0.3 is 0 Å². The highest BCUT2D eigenvalue weighted by Gasteiger charge is 2.28. The van der Waals surface area contributed by atoms with Crippen LogP contribution in [0.5, 0.6) is 0 Å². The summed E-state index contributed by atoms with van der Waals surface area (Å²) in [6.45, 7) is 4.33. The third kappa shape index (κ3) is 2.91. The molecular weight excluding hydrogens is 264 g/mol. The number of hydrogen-bond acceptors (Lipinski definition) is 3. The summed E-state index contributed by atoms with van der Waals surface area (Å²) in [6, 6.07) is 3.88. The molecule has 2 heterocycles. The summed E-state index contributed by atoms with van der Waals surface area (Å²) in [5, 5.41) is 8.64. The third-order valence-corrected chi connectivity index (χ3v) is 4.38. The largest absolute Gasteiger partial charge is 0.349 e. The minimum Gasteiger partial charge on any atom is -0.349 e. The molecule has 1 N–H and O–H groups in total. The Balaban J connectivity index is 1.74. The quantitative estimate of drug-likeness (QED) is 0.943. The molecule has 1 aliphatic carbocycles. The van der Waals surface area contributed by atoms with Crippen LogP contribution in [0.15, 0.2) is 18.3 Å². The van der Waals surface area contributed by atoms with Gasteiger partial charge in [-0.25, -0.2) is 9.67 Å².